The van der Waals surface area contributed by atoms with E-state index in [0.29, 0.717) is 26.9 Å². The quantitative estimate of drug-likeness (QED) is 0.408. The second-order valence-electron chi connectivity index (χ2n) is 8.26. The number of thioether (sulfide) groups is 2. The molecule has 10 heteroatoms. The summed E-state index contributed by atoms with van der Waals surface area (Å²) in [7, 11) is 3.44. The van der Waals surface area contributed by atoms with Crippen LogP contribution in [-0.2, 0) is 10.2 Å². The van der Waals surface area contributed by atoms with Gasteiger partial charge < -0.3 is 15.3 Å². The molecule has 31 heavy (non-hydrogen) atoms. The molecule has 170 valence electrons. The molecule has 2 N–H and O–H groups in total. The zero-order valence-electron chi connectivity index (χ0n) is 18.8. The molecule has 0 radical (unpaired) electrons. The van der Waals surface area contributed by atoms with Gasteiger partial charge in [0.15, 0.2) is 0 Å². The van der Waals surface area contributed by atoms with E-state index in [0.717, 1.165) is 22.8 Å². The van der Waals surface area contributed by atoms with Gasteiger partial charge in [-0.1, -0.05) is 51.7 Å². The number of thiocarbonyl (C=S) groups is 1. The number of nitrogens with one attached hydrogen (secondary N) is 1. The van der Waals surface area contributed by atoms with Crippen molar-refractivity contribution in [2.45, 2.75) is 50.8 Å². The molecule has 1 aromatic heterocycles. The van der Waals surface area contributed by atoms with Crippen molar-refractivity contribution in [3.8, 4) is 0 Å². The standard InChI is InChI=1S/C21H30N4O3S3/c1-7-11-30-14-9-8-13-16(17(14)23-19(29)31-12-10-15(26)27)22-18(21(2,3)4)25(13)20(28)24(5)6/h8-9H,7,10-12H2,1-6H3,(H,23,29)(H,26,27). The Morgan fingerprint density at radius 1 is 1.26 bits per heavy atom. The van der Waals surface area contributed by atoms with Gasteiger partial charge in [-0.15, -0.1) is 11.8 Å². The minimum atomic E-state index is -0.854. The van der Waals surface area contributed by atoms with Crippen molar-refractivity contribution in [3.05, 3.63) is 18.0 Å². The second-order valence-corrected chi connectivity index (χ2v) is 11.2. The molecule has 0 aliphatic rings. The number of rotatable bonds is 7. The Labute approximate surface area is 197 Å². The van der Waals surface area contributed by atoms with Crippen molar-refractivity contribution in [3.63, 3.8) is 0 Å². The Kier molecular flexibility index (Phi) is 8.79. The highest BCUT2D eigenvalue weighted by Gasteiger charge is 2.29. The number of hydrogen-bond acceptors (Lipinski definition) is 6. The number of carboxylic acids is 1. The minimum absolute atomic E-state index is 0.0360. The first-order valence-corrected chi connectivity index (χ1v) is 12.4. The number of nitrogens with zero attached hydrogens (tertiary/aromatic N) is 3. The van der Waals surface area contributed by atoms with Crippen LogP contribution in [0.5, 0.6) is 0 Å². The first-order chi connectivity index (χ1) is 14.5. The van der Waals surface area contributed by atoms with Crippen LogP contribution in [0, 0.1) is 0 Å². The monoisotopic (exact) mass is 482 g/mol. The summed E-state index contributed by atoms with van der Waals surface area (Å²) in [5.74, 6) is 1.14. The summed E-state index contributed by atoms with van der Waals surface area (Å²) in [6.07, 6.45) is 1.05. The summed E-state index contributed by atoms with van der Waals surface area (Å²) < 4.78 is 2.15. The van der Waals surface area contributed by atoms with Gasteiger partial charge in [0.2, 0.25) is 0 Å². The van der Waals surface area contributed by atoms with E-state index in [1.165, 1.54) is 16.7 Å². The van der Waals surface area contributed by atoms with E-state index < -0.39 is 5.97 Å². The summed E-state index contributed by atoms with van der Waals surface area (Å²) in [6, 6.07) is 3.76. The smallest absolute Gasteiger partial charge is 0.329 e. The van der Waals surface area contributed by atoms with Crippen LogP contribution < -0.4 is 5.32 Å². The molecule has 0 bridgehead atoms. The van der Waals surface area contributed by atoms with Gasteiger partial charge in [-0.2, -0.15) is 0 Å². The lowest BCUT2D eigenvalue weighted by Crippen LogP contribution is -2.31. The van der Waals surface area contributed by atoms with Gasteiger partial charge in [-0.25, -0.2) is 14.3 Å². The third kappa shape index (κ3) is 6.36. The molecule has 0 fully saturated rings. The third-order valence-corrected chi connectivity index (χ3v) is 6.76. The van der Waals surface area contributed by atoms with E-state index in [2.05, 4.69) is 12.2 Å². The molecule has 1 amide bonds. The average Bonchev–Trinajstić information content (AvgIpc) is 3.06. The number of hydrogen-bond donors (Lipinski definition) is 2. The Morgan fingerprint density at radius 3 is 2.48 bits per heavy atom. The zero-order valence-corrected chi connectivity index (χ0v) is 21.3. The Hall–Kier alpha value is -1.78. The van der Waals surface area contributed by atoms with E-state index in [4.69, 9.17) is 22.3 Å². The van der Waals surface area contributed by atoms with Crippen molar-refractivity contribution >= 4 is 68.8 Å². The van der Waals surface area contributed by atoms with Crippen molar-refractivity contribution in [2.24, 2.45) is 0 Å². The lowest BCUT2D eigenvalue weighted by molar-refractivity contribution is -0.136. The molecule has 0 unspecified atom stereocenters. The molecule has 0 saturated heterocycles. The van der Waals surface area contributed by atoms with Crippen molar-refractivity contribution < 1.29 is 14.7 Å². The van der Waals surface area contributed by atoms with Crippen LogP contribution in [0.3, 0.4) is 0 Å². The Bertz CT molecular complexity index is 980. The molecular weight excluding hydrogens is 452 g/mol. The maximum absolute atomic E-state index is 13.0. The summed E-state index contributed by atoms with van der Waals surface area (Å²) in [5, 5.41) is 12.2. The van der Waals surface area contributed by atoms with Gasteiger partial charge in [0.25, 0.3) is 0 Å². The number of aromatic nitrogens is 2. The largest absolute Gasteiger partial charge is 0.481 e. The van der Waals surface area contributed by atoms with Crippen molar-refractivity contribution in [2.75, 3.05) is 30.9 Å². The first-order valence-electron chi connectivity index (χ1n) is 10.0. The van der Waals surface area contributed by atoms with Crippen LogP contribution >= 0.6 is 35.7 Å². The third-order valence-electron chi connectivity index (χ3n) is 4.27. The van der Waals surface area contributed by atoms with Crippen LogP contribution in [0.25, 0.3) is 11.0 Å². The zero-order chi connectivity index (χ0) is 23.3. The topological polar surface area (TPSA) is 87.5 Å². The SMILES string of the molecule is CCCSc1ccc2c(nc(C(C)(C)C)n2C(=O)N(C)C)c1NC(=S)SCCC(=O)O. The van der Waals surface area contributed by atoms with Crippen LogP contribution in [0.4, 0.5) is 10.5 Å². The van der Waals surface area contributed by atoms with E-state index in [1.54, 1.807) is 30.4 Å². The fraction of sp³-hybridized carbons (Fsp3) is 0.524. The number of fused-ring (bicyclic) bond motifs is 1. The minimum Gasteiger partial charge on any atom is -0.481 e. The molecule has 2 aromatic rings. The van der Waals surface area contributed by atoms with E-state index in [9.17, 15) is 9.59 Å². The van der Waals surface area contributed by atoms with Crippen LogP contribution in [0.2, 0.25) is 0 Å². The number of anilines is 1. The Balaban J connectivity index is 2.61. The predicted octanol–water partition coefficient (Wildman–Crippen LogP) is 5.27. The number of benzene rings is 1. The number of carboxylic acid groups (broad SMARTS) is 1. The normalized spacial score (nSPS) is 11.5. The predicted molar refractivity (Wildman–Crippen MR) is 135 cm³/mol. The number of aliphatic carboxylic acids is 1. The lowest BCUT2D eigenvalue weighted by Gasteiger charge is -2.21. The molecular formula is C21H30N4O3S3. The highest BCUT2D eigenvalue weighted by molar-refractivity contribution is 8.23. The van der Waals surface area contributed by atoms with Gasteiger partial charge in [-0.05, 0) is 24.3 Å². The summed E-state index contributed by atoms with van der Waals surface area (Å²) >= 11 is 8.46. The van der Waals surface area contributed by atoms with E-state index in [-0.39, 0.29) is 17.9 Å². The second kappa shape index (κ2) is 10.7. The van der Waals surface area contributed by atoms with E-state index in [1.807, 2.05) is 32.9 Å². The van der Waals surface area contributed by atoms with Crippen LogP contribution in [0.15, 0.2) is 17.0 Å². The summed E-state index contributed by atoms with van der Waals surface area (Å²) in [6.45, 7) is 8.20. The molecule has 0 atom stereocenters. The molecule has 1 aromatic carbocycles. The molecule has 1 heterocycles. The molecule has 2 rings (SSSR count). The number of carbonyl (C=O) groups is 2. The molecule has 0 aliphatic heterocycles. The van der Waals surface area contributed by atoms with Crippen LogP contribution in [0.1, 0.15) is 46.4 Å². The van der Waals surface area contributed by atoms with Crippen molar-refractivity contribution in [1.82, 2.24) is 14.5 Å². The maximum Gasteiger partial charge on any atom is 0.329 e. The molecule has 7 nitrogen and oxygen atoms in total. The summed E-state index contributed by atoms with van der Waals surface area (Å²) in [4.78, 5) is 31.3. The number of carbonyl (C=O) groups excluding carboxylic acids is 1. The maximum atomic E-state index is 13.0. The molecule has 0 saturated carbocycles. The van der Waals surface area contributed by atoms with Gasteiger partial charge in [0, 0.05) is 30.2 Å². The summed E-state index contributed by atoms with van der Waals surface area (Å²) in [5.41, 5.74) is 1.81. The highest BCUT2D eigenvalue weighted by Crippen LogP contribution is 2.37. The number of amides is 1. The van der Waals surface area contributed by atoms with Gasteiger partial charge >= 0.3 is 12.0 Å². The lowest BCUT2D eigenvalue weighted by atomic mass is 9.96. The fourth-order valence-electron chi connectivity index (χ4n) is 2.84. The highest BCUT2D eigenvalue weighted by atomic mass is 32.2. The van der Waals surface area contributed by atoms with Gasteiger partial charge in [-0.3, -0.25) is 4.79 Å². The van der Waals surface area contributed by atoms with Crippen molar-refractivity contribution in [1.29, 1.82) is 0 Å². The molecule has 0 aliphatic carbocycles. The van der Waals surface area contributed by atoms with Crippen LogP contribution in [-0.4, -0.2) is 61.5 Å². The fourth-order valence-corrected chi connectivity index (χ4v) is 4.71. The van der Waals surface area contributed by atoms with Gasteiger partial charge in [0.1, 0.15) is 15.7 Å². The first kappa shape index (κ1) is 25.5. The van der Waals surface area contributed by atoms with E-state index >= 15 is 0 Å². The molecule has 0 spiro atoms. The number of imidazole rings is 1. The average molecular weight is 483 g/mol. The van der Waals surface area contributed by atoms with Gasteiger partial charge in [0.05, 0.1) is 17.6 Å². The Morgan fingerprint density at radius 2 is 1.94 bits per heavy atom.